The predicted molar refractivity (Wildman–Crippen MR) is 159 cm³/mol. The highest BCUT2D eigenvalue weighted by Gasteiger charge is 2.27. The molecule has 220 valence electrons. The summed E-state index contributed by atoms with van der Waals surface area (Å²) in [6.07, 6.45) is 0.854. The Morgan fingerprint density at radius 2 is 1.86 bits per heavy atom. The number of aromatic amines is 1. The molecule has 0 aliphatic carbocycles. The van der Waals surface area contributed by atoms with Gasteiger partial charge in [0.25, 0.3) is 0 Å². The van der Waals surface area contributed by atoms with Crippen molar-refractivity contribution in [2.45, 2.75) is 38.6 Å². The molecule has 1 aromatic heterocycles. The highest BCUT2D eigenvalue weighted by Crippen LogP contribution is 2.34. The smallest absolute Gasteiger partial charge is 0.348 e. The molecule has 0 amide bonds. The van der Waals surface area contributed by atoms with Crippen LogP contribution < -0.4 is 16.2 Å². The molecule has 0 bridgehead atoms. The van der Waals surface area contributed by atoms with Gasteiger partial charge in [-0.15, -0.1) is 5.10 Å². The number of hydrogen-bond acceptors (Lipinski definition) is 6. The molecular formula is C31H35FN6O4. The van der Waals surface area contributed by atoms with E-state index < -0.39 is 23.4 Å². The second kappa shape index (κ2) is 12.8. The molecule has 2 atom stereocenters. The number of carboxylic acids is 1. The number of ether oxygens (including phenoxy) is 1. The van der Waals surface area contributed by atoms with Crippen LogP contribution in [0.25, 0.3) is 5.69 Å². The van der Waals surface area contributed by atoms with Gasteiger partial charge in [-0.25, -0.2) is 14.0 Å². The first-order chi connectivity index (χ1) is 20.0. The van der Waals surface area contributed by atoms with Gasteiger partial charge in [-0.1, -0.05) is 49.4 Å². The zero-order chi connectivity index (χ0) is 30.6. The van der Waals surface area contributed by atoms with Gasteiger partial charge in [0.15, 0.2) is 11.6 Å². The first-order valence-corrected chi connectivity index (χ1v) is 13.6. The van der Waals surface area contributed by atoms with E-state index >= 15 is 4.39 Å². The predicted octanol–water partition coefficient (Wildman–Crippen LogP) is 3.95. The van der Waals surface area contributed by atoms with Crippen LogP contribution in [0.1, 0.15) is 58.2 Å². The normalized spacial score (nSPS) is 12.7. The van der Waals surface area contributed by atoms with E-state index in [1.807, 2.05) is 32.8 Å². The monoisotopic (exact) mass is 574 g/mol. The molecule has 0 aliphatic heterocycles. The molecule has 1 heterocycles. The minimum atomic E-state index is -1.21. The van der Waals surface area contributed by atoms with Gasteiger partial charge in [-0.05, 0) is 63.2 Å². The molecule has 10 nitrogen and oxygen atoms in total. The minimum Gasteiger partial charge on any atom is -0.489 e. The fourth-order valence-electron chi connectivity index (χ4n) is 4.51. The second-order valence-electron chi connectivity index (χ2n) is 10.4. The third-order valence-electron chi connectivity index (χ3n) is 7.30. The Morgan fingerprint density at radius 3 is 2.48 bits per heavy atom. The quantitative estimate of drug-likeness (QED) is 0.148. The van der Waals surface area contributed by atoms with Crippen LogP contribution in [0.2, 0.25) is 0 Å². The number of para-hydroxylation sites is 1. The number of nitrogens with one attached hydrogen (secondary N) is 2. The summed E-state index contributed by atoms with van der Waals surface area (Å²) in [4.78, 5) is 29.7. The van der Waals surface area contributed by atoms with Gasteiger partial charge >= 0.3 is 11.7 Å². The van der Waals surface area contributed by atoms with Crippen molar-refractivity contribution in [2.24, 2.45) is 5.73 Å². The zero-order valence-electron chi connectivity index (χ0n) is 24.0. The number of benzene rings is 3. The van der Waals surface area contributed by atoms with E-state index in [1.165, 1.54) is 12.1 Å². The molecule has 4 rings (SSSR count). The number of likely N-dealkylation sites (N-methyl/N-ethyl adjacent to an activating group) is 1. The first kappa shape index (κ1) is 30.2. The summed E-state index contributed by atoms with van der Waals surface area (Å²) in [6, 6.07) is 16.5. The fraction of sp³-hybridized carbons (Fsp3) is 0.290. The lowest BCUT2D eigenvalue weighted by atomic mass is 9.89. The topological polar surface area (TPSA) is 150 Å². The zero-order valence-corrected chi connectivity index (χ0v) is 24.0. The highest BCUT2D eigenvalue weighted by atomic mass is 19.1. The SMILES string of the molecule is CCc1cc(OCC(C)N(C)C)c(F)c(C(Cc2ccc(C(=N)N)cc2)c2nn(-c3ccccc3C(=O)O)c(=O)[nH]2)c1. The lowest BCUT2D eigenvalue weighted by molar-refractivity contribution is 0.0696. The van der Waals surface area contributed by atoms with Crippen LogP contribution in [0.15, 0.2) is 65.5 Å². The van der Waals surface area contributed by atoms with Gasteiger partial charge in [-0.2, -0.15) is 4.68 Å². The van der Waals surface area contributed by atoms with Crippen LogP contribution in [-0.2, 0) is 12.8 Å². The average molecular weight is 575 g/mol. The fourth-order valence-corrected chi connectivity index (χ4v) is 4.51. The summed E-state index contributed by atoms with van der Waals surface area (Å²) in [5.74, 6) is -2.35. The van der Waals surface area contributed by atoms with Crippen LogP contribution >= 0.6 is 0 Å². The molecule has 0 aliphatic rings. The number of nitrogens with two attached hydrogens (primary N) is 1. The molecule has 2 unspecified atom stereocenters. The maximum atomic E-state index is 16.3. The average Bonchev–Trinajstić information content (AvgIpc) is 3.36. The summed E-state index contributed by atoms with van der Waals surface area (Å²) in [7, 11) is 3.84. The molecule has 0 fully saturated rings. The number of H-pyrrole nitrogens is 1. The standard InChI is InChI=1S/C31H35FN6O4/c1-5-19-14-23(27(32)26(16-19)42-17-18(2)37(3)4)24(15-20-10-12-21(13-11-20)28(33)34)29-35-31(41)38(36-29)25-9-7-6-8-22(25)30(39)40/h6-14,16,18,24H,5,15,17H2,1-4H3,(H3,33,34)(H,39,40)(H,35,36,41). The molecule has 0 spiro atoms. The maximum Gasteiger partial charge on any atom is 0.348 e. The summed E-state index contributed by atoms with van der Waals surface area (Å²) in [5, 5.41) is 21.8. The largest absolute Gasteiger partial charge is 0.489 e. The van der Waals surface area contributed by atoms with Crippen LogP contribution in [0.5, 0.6) is 5.75 Å². The number of hydrogen-bond donors (Lipinski definition) is 4. The van der Waals surface area contributed by atoms with E-state index in [2.05, 4.69) is 10.1 Å². The number of rotatable bonds is 12. The molecule has 42 heavy (non-hydrogen) atoms. The molecule has 5 N–H and O–H groups in total. The van der Waals surface area contributed by atoms with Crippen molar-refractivity contribution in [3.8, 4) is 11.4 Å². The number of carbonyl (C=O) groups is 1. The van der Waals surface area contributed by atoms with Crippen molar-refractivity contribution in [3.05, 3.63) is 111 Å². The Hall–Kier alpha value is -4.77. The van der Waals surface area contributed by atoms with Crippen molar-refractivity contribution >= 4 is 11.8 Å². The van der Waals surface area contributed by atoms with E-state index in [0.29, 0.717) is 12.0 Å². The van der Waals surface area contributed by atoms with E-state index in [4.69, 9.17) is 15.9 Å². The van der Waals surface area contributed by atoms with Crippen LogP contribution in [0, 0.1) is 11.2 Å². The summed E-state index contributed by atoms with van der Waals surface area (Å²) in [5.41, 5.74) is 7.41. The van der Waals surface area contributed by atoms with Crippen molar-refractivity contribution in [2.75, 3.05) is 20.7 Å². The van der Waals surface area contributed by atoms with Gasteiger partial charge in [0, 0.05) is 17.2 Å². The molecule has 0 saturated carbocycles. The van der Waals surface area contributed by atoms with E-state index in [-0.39, 0.29) is 53.3 Å². The summed E-state index contributed by atoms with van der Waals surface area (Å²) in [6.45, 7) is 4.20. The maximum absolute atomic E-state index is 16.3. The summed E-state index contributed by atoms with van der Waals surface area (Å²) < 4.78 is 23.2. The van der Waals surface area contributed by atoms with Gasteiger partial charge in [0.1, 0.15) is 18.3 Å². The van der Waals surface area contributed by atoms with Gasteiger partial charge < -0.3 is 20.5 Å². The Bertz CT molecular complexity index is 1640. The molecule has 3 aromatic carbocycles. The number of halogens is 1. The number of nitrogen functional groups attached to an aromatic ring is 1. The van der Waals surface area contributed by atoms with E-state index in [9.17, 15) is 14.7 Å². The van der Waals surface area contributed by atoms with Crippen molar-refractivity contribution < 1.29 is 19.0 Å². The Labute approximate surface area is 243 Å². The van der Waals surface area contributed by atoms with Gasteiger partial charge in [-0.3, -0.25) is 10.4 Å². The number of aromatic nitrogens is 3. The molecular weight excluding hydrogens is 539 g/mol. The highest BCUT2D eigenvalue weighted by molar-refractivity contribution is 5.94. The molecule has 4 aromatic rings. The number of amidine groups is 1. The third kappa shape index (κ3) is 6.58. The van der Waals surface area contributed by atoms with Gasteiger partial charge in [0.05, 0.1) is 17.2 Å². The number of aromatic carboxylic acids is 1. The lowest BCUT2D eigenvalue weighted by Crippen LogP contribution is -2.30. The Morgan fingerprint density at radius 1 is 1.17 bits per heavy atom. The first-order valence-electron chi connectivity index (χ1n) is 13.6. The van der Waals surface area contributed by atoms with Crippen molar-refractivity contribution in [1.29, 1.82) is 5.41 Å². The lowest BCUT2D eigenvalue weighted by Gasteiger charge is -2.22. The number of carboxylic acid groups (broad SMARTS) is 1. The number of nitrogens with zero attached hydrogens (tertiary/aromatic N) is 3. The number of aryl methyl sites for hydroxylation is 1. The third-order valence-corrected chi connectivity index (χ3v) is 7.30. The van der Waals surface area contributed by atoms with Crippen LogP contribution in [-0.4, -0.2) is 63.3 Å². The van der Waals surface area contributed by atoms with Gasteiger partial charge in [0.2, 0.25) is 0 Å². The molecule has 0 radical (unpaired) electrons. The van der Waals surface area contributed by atoms with Crippen molar-refractivity contribution in [1.82, 2.24) is 19.7 Å². The Balaban J connectivity index is 1.86. The minimum absolute atomic E-state index is 0.0371. The van der Waals surface area contributed by atoms with E-state index in [1.54, 1.807) is 48.5 Å². The van der Waals surface area contributed by atoms with Crippen LogP contribution in [0.3, 0.4) is 0 Å². The van der Waals surface area contributed by atoms with Crippen LogP contribution in [0.4, 0.5) is 4.39 Å². The summed E-state index contributed by atoms with van der Waals surface area (Å²) >= 11 is 0. The Kier molecular flexibility index (Phi) is 9.21. The second-order valence-corrected chi connectivity index (χ2v) is 10.4. The molecule has 0 saturated heterocycles. The van der Waals surface area contributed by atoms with E-state index in [0.717, 1.165) is 15.8 Å². The molecule has 11 heteroatoms. The van der Waals surface area contributed by atoms with Crippen molar-refractivity contribution in [3.63, 3.8) is 0 Å².